The summed E-state index contributed by atoms with van der Waals surface area (Å²) in [6, 6.07) is 2.54. The van der Waals surface area contributed by atoms with Crippen LogP contribution in [0.25, 0.3) is 11.0 Å². The monoisotopic (exact) mass is 247 g/mol. The number of hydrogen-bond acceptors (Lipinski definition) is 4. The molecule has 2 rings (SSSR count). The van der Waals surface area contributed by atoms with E-state index in [2.05, 4.69) is 40.3 Å². The number of aryl methyl sites for hydroxylation is 1. The van der Waals surface area contributed by atoms with E-state index >= 15 is 0 Å². The normalized spacial score (nSPS) is 11.8. The molecule has 0 bridgehead atoms. The highest BCUT2D eigenvalue weighted by molar-refractivity contribution is 5.76. The molecule has 2 aromatic heterocycles. The van der Waals surface area contributed by atoms with Gasteiger partial charge in [-0.05, 0) is 39.9 Å². The fourth-order valence-corrected chi connectivity index (χ4v) is 1.97. The van der Waals surface area contributed by atoms with Gasteiger partial charge in [-0.2, -0.15) is 0 Å². The summed E-state index contributed by atoms with van der Waals surface area (Å²) >= 11 is 0. The molecule has 2 heterocycles. The summed E-state index contributed by atoms with van der Waals surface area (Å²) < 4.78 is 2.06. The lowest BCUT2D eigenvalue weighted by atomic mass is 10.3. The lowest BCUT2D eigenvalue weighted by Crippen LogP contribution is -2.28. The molecule has 0 amide bonds. The molecule has 98 valence electrons. The molecule has 5 nitrogen and oxygen atoms in total. The minimum Gasteiger partial charge on any atom is -0.369 e. The SMILES string of the molecule is CC(C)N(C)CCCn1c(N)nc2cnccc21. The number of rotatable bonds is 5. The topological polar surface area (TPSA) is 60.0 Å². The number of pyridine rings is 1. The zero-order valence-electron chi connectivity index (χ0n) is 11.3. The number of imidazole rings is 1. The molecular formula is C13H21N5. The molecule has 0 fully saturated rings. The minimum atomic E-state index is 0.574. The van der Waals surface area contributed by atoms with E-state index in [0.29, 0.717) is 12.0 Å². The Hall–Kier alpha value is -1.62. The Labute approximate surface area is 108 Å². The van der Waals surface area contributed by atoms with E-state index in [1.54, 1.807) is 12.4 Å². The highest BCUT2D eigenvalue weighted by atomic mass is 15.2. The largest absolute Gasteiger partial charge is 0.369 e. The number of nitrogens with zero attached hydrogens (tertiary/aromatic N) is 4. The van der Waals surface area contributed by atoms with Gasteiger partial charge in [0, 0.05) is 18.8 Å². The molecule has 0 aliphatic rings. The predicted octanol–water partition coefficient (Wildman–Crippen LogP) is 1.74. The van der Waals surface area contributed by atoms with Crippen LogP contribution in [0, 0.1) is 0 Å². The molecular weight excluding hydrogens is 226 g/mol. The zero-order chi connectivity index (χ0) is 13.1. The van der Waals surface area contributed by atoms with Gasteiger partial charge in [-0.15, -0.1) is 0 Å². The summed E-state index contributed by atoms with van der Waals surface area (Å²) in [6.07, 6.45) is 4.59. The third-order valence-corrected chi connectivity index (χ3v) is 3.35. The first-order valence-corrected chi connectivity index (χ1v) is 6.35. The van der Waals surface area contributed by atoms with E-state index < -0.39 is 0 Å². The number of hydrogen-bond donors (Lipinski definition) is 1. The highest BCUT2D eigenvalue weighted by Crippen LogP contribution is 2.16. The second-order valence-electron chi connectivity index (χ2n) is 4.91. The summed E-state index contributed by atoms with van der Waals surface area (Å²) in [5.41, 5.74) is 7.87. The van der Waals surface area contributed by atoms with Crippen molar-refractivity contribution in [3.63, 3.8) is 0 Å². The number of nitrogen functional groups attached to an aromatic ring is 1. The lowest BCUT2D eigenvalue weighted by Gasteiger charge is -2.20. The Morgan fingerprint density at radius 1 is 1.44 bits per heavy atom. The second-order valence-corrected chi connectivity index (χ2v) is 4.91. The smallest absolute Gasteiger partial charge is 0.201 e. The Morgan fingerprint density at radius 2 is 2.22 bits per heavy atom. The molecule has 0 aliphatic heterocycles. The third kappa shape index (κ3) is 2.61. The maximum atomic E-state index is 5.94. The van der Waals surface area contributed by atoms with E-state index in [4.69, 9.17) is 5.73 Å². The summed E-state index contributed by atoms with van der Waals surface area (Å²) in [7, 11) is 2.14. The molecule has 0 atom stereocenters. The zero-order valence-corrected chi connectivity index (χ0v) is 11.3. The molecule has 0 radical (unpaired) electrons. The lowest BCUT2D eigenvalue weighted by molar-refractivity contribution is 0.266. The van der Waals surface area contributed by atoms with Crippen LogP contribution in [0.4, 0.5) is 5.95 Å². The van der Waals surface area contributed by atoms with Crippen LogP contribution in [-0.2, 0) is 6.54 Å². The number of nitrogens with two attached hydrogens (primary N) is 1. The molecule has 0 saturated heterocycles. The fraction of sp³-hybridized carbons (Fsp3) is 0.538. The first-order valence-electron chi connectivity index (χ1n) is 6.35. The second kappa shape index (κ2) is 5.35. The quantitative estimate of drug-likeness (QED) is 0.874. The Bertz CT molecular complexity index is 517. The van der Waals surface area contributed by atoms with Crippen molar-refractivity contribution in [2.75, 3.05) is 19.3 Å². The molecule has 0 spiro atoms. The summed E-state index contributed by atoms with van der Waals surface area (Å²) in [4.78, 5) is 10.7. The van der Waals surface area contributed by atoms with Crippen molar-refractivity contribution in [2.45, 2.75) is 32.9 Å². The Morgan fingerprint density at radius 3 is 2.94 bits per heavy atom. The van der Waals surface area contributed by atoms with Gasteiger partial charge in [0.15, 0.2) is 0 Å². The van der Waals surface area contributed by atoms with Crippen LogP contribution in [0.5, 0.6) is 0 Å². The van der Waals surface area contributed by atoms with E-state index in [9.17, 15) is 0 Å². The minimum absolute atomic E-state index is 0.574. The standard InChI is InChI=1S/C13H21N5/c1-10(2)17(3)7-4-8-18-12-5-6-15-9-11(12)16-13(18)14/h5-6,9-10H,4,7-8H2,1-3H3,(H2,14,16). The van der Waals surface area contributed by atoms with Crippen molar-refractivity contribution < 1.29 is 0 Å². The van der Waals surface area contributed by atoms with Gasteiger partial charge in [0.2, 0.25) is 5.95 Å². The fourth-order valence-electron chi connectivity index (χ4n) is 1.97. The summed E-state index contributed by atoms with van der Waals surface area (Å²) in [5, 5.41) is 0. The Kier molecular flexibility index (Phi) is 3.81. The van der Waals surface area contributed by atoms with Crippen LogP contribution in [0.1, 0.15) is 20.3 Å². The maximum Gasteiger partial charge on any atom is 0.201 e. The van der Waals surface area contributed by atoms with Crippen LogP contribution < -0.4 is 5.73 Å². The first kappa shape index (κ1) is 12.8. The molecule has 0 saturated carbocycles. The molecule has 5 heteroatoms. The van der Waals surface area contributed by atoms with Gasteiger partial charge in [0.05, 0.1) is 11.7 Å². The van der Waals surface area contributed by atoms with E-state index in [1.165, 1.54) is 0 Å². The van der Waals surface area contributed by atoms with Gasteiger partial charge in [0.1, 0.15) is 5.52 Å². The van der Waals surface area contributed by atoms with Crippen molar-refractivity contribution in [1.82, 2.24) is 19.4 Å². The molecule has 0 aliphatic carbocycles. The van der Waals surface area contributed by atoms with Gasteiger partial charge in [0.25, 0.3) is 0 Å². The van der Waals surface area contributed by atoms with E-state index in [1.807, 2.05) is 6.07 Å². The average Bonchev–Trinajstić information content (AvgIpc) is 2.65. The predicted molar refractivity (Wildman–Crippen MR) is 74.3 cm³/mol. The van der Waals surface area contributed by atoms with Crippen molar-refractivity contribution in [3.8, 4) is 0 Å². The van der Waals surface area contributed by atoms with Crippen molar-refractivity contribution in [2.24, 2.45) is 0 Å². The molecule has 0 unspecified atom stereocenters. The van der Waals surface area contributed by atoms with Crippen molar-refractivity contribution >= 4 is 17.0 Å². The average molecular weight is 247 g/mol. The van der Waals surface area contributed by atoms with Gasteiger partial charge in [-0.3, -0.25) is 4.98 Å². The van der Waals surface area contributed by atoms with E-state index in [0.717, 1.165) is 30.5 Å². The molecule has 2 aromatic rings. The third-order valence-electron chi connectivity index (χ3n) is 3.35. The number of fused-ring (bicyclic) bond motifs is 1. The summed E-state index contributed by atoms with van der Waals surface area (Å²) in [5.74, 6) is 0.574. The molecule has 0 aromatic carbocycles. The van der Waals surface area contributed by atoms with Gasteiger partial charge < -0.3 is 15.2 Å². The van der Waals surface area contributed by atoms with Crippen LogP contribution in [0.2, 0.25) is 0 Å². The Balaban J connectivity index is 2.05. The van der Waals surface area contributed by atoms with Crippen LogP contribution in [0.15, 0.2) is 18.5 Å². The van der Waals surface area contributed by atoms with Crippen molar-refractivity contribution in [1.29, 1.82) is 0 Å². The molecule has 2 N–H and O–H groups in total. The van der Waals surface area contributed by atoms with E-state index in [-0.39, 0.29) is 0 Å². The maximum absolute atomic E-state index is 5.94. The highest BCUT2D eigenvalue weighted by Gasteiger charge is 2.08. The molecule has 18 heavy (non-hydrogen) atoms. The first-order chi connectivity index (χ1) is 8.59. The summed E-state index contributed by atoms with van der Waals surface area (Å²) in [6.45, 7) is 6.35. The van der Waals surface area contributed by atoms with Crippen LogP contribution >= 0.6 is 0 Å². The number of anilines is 1. The number of aromatic nitrogens is 3. The van der Waals surface area contributed by atoms with Gasteiger partial charge in [-0.1, -0.05) is 0 Å². The van der Waals surface area contributed by atoms with Crippen LogP contribution in [-0.4, -0.2) is 39.1 Å². The van der Waals surface area contributed by atoms with Crippen molar-refractivity contribution in [3.05, 3.63) is 18.5 Å². The van der Waals surface area contributed by atoms with Gasteiger partial charge in [-0.25, -0.2) is 4.98 Å². The van der Waals surface area contributed by atoms with Crippen LogP contribution in [0.3, 0.4) is 0 Å². The van der Waals surface area contributed by atoms with Gasteiger partial charge >= 0.3 is 0 Å².